The van der Waals surface area contributed by atoms with Gasteiger partial charge in [-0.2, -0.15) is 0 Å². The van der Waals surface area contributed by atoms with Crippen molar-refractivity contribution < 1.29 is 37.4 Å². The highest BCUT2D eigenvalue weighted by molar-refractivity contribution is 7.90. The molecule has 14 heteroatoms. The molecule has 1 aliphatic carbocycles. The van der Waals surface area contributed by atoms with Crippen LogP contribution < -0.4 is 20.5 Å². The summed E-state index contributed by atoms with van der Waals surface area (Å²) in [4.78, 5) is 44.3. The Morgan fingerprint density at radius 2 is 1.68 bits per heavy atom. The molecule has 2 atom stereocenters. The summed E-state index contributed by atoms with van der Waals surface area (Å²) in [5, 5.41) is 12.5. The van der Waals surface area contributed by atoms with Gasteiger partial charge in [-0.15, -0.1) is 0 Å². The molecule has 3 aromatic carbocycles. The lowest BCUT2D eigenvalue weighted by Gasteiger charge is -2.25. The van der Waals surface area contributed by atoms with Crippen LogP contribution in [0.1, 0.15) is 78.8 Å². The van der Waals surface area contributed by atoms with Crippen LogP contribution in [0.4, 0.5) is 4.79 Å². The number of benzene rings is 3. The summed E-state index contributed by atoms with van der Waals surface area (Å²) in [6.45, 7) is 9.63. The van der Waals surface area contributed by atoms with Gasteiger partial charge in [0, 0.05) is 31.0 Å². The van der Waals surface area contributed by atoms with Crippen molar-refractivity contribution in [3.05, 3.63) is 81.9 Å². The average Bonchev–Trinajstić information content (AvgIpc) is 3.81. The smallest absolute Gasteiger partial charge is 0.410 e. The minimum Gasteiger partial charge on any atom is -0.487 e. The van der Waals surface area contributed by atoms with Gasteiger partial charge < -0.3 is 25.6 Å². The number of aliphatic carboxylic acids is 1. The molecular formula is C39H47N5O8S. The van der Waals surface area contributed by atoms with E-state index in [4.69, 9.17) is 15.2 Å². The number of rotatable bonds is 11. The highest BCUT2D eigenvalue weighted by Crippen LogP contribution is 2.45. The first-order valence-electron chi connectivity index (χ1n) is 17.9. The molecule has 53 heavy (non-hydrogen) atoms. The number of nitrogens with zero attached hydrogens (tertiary/aromatic N) is 2. The van der Waals surface area contributed by atoms with Crippen molar-refractivity contribution in [2.45, 2.75) is 95.2 Å². The van der Waals surface area contributed by atoms with Gasteiger partial charge >= 0.3 is 12.1 Å². The Bertz CT molecular complexity index is 2050. The lowest BCUT2D eigenvalue weighted by Crippen LogP contribution is -2.51. The summed E-state index contributed by atoms with van der Waals surface area (Å²) in [6, 6.07) is 13.9. The number of amides is 2. The predicted octanol–water partition coefficient (Wildman–Crippen LogP) is 4.68. The van der Waals surface area contributed by atoms with E-state index in [0.29, 0.717) is 42.7 Å². The molecule has 0 aromatic heterocycles. The molecule has 6 rings (SSSR count). The Balaban J connectivity index is 1.02. The van der Waals surface area contributed by atoms with Gasteiger partial charge in [0.25, 0.3) is 10.0 Å². The lowest BCUT2D eigenvalue weighted by atomic mass is 9.94. The van der Waals surface area contributed by atoms with Crippen molar-refractivity contribution in [1.82, 2.24) is 14.9 Å². The number of carboxylic acid groups (broad SMARTS) is 1. The maximum Gasteiger partial charge on any atom is 0.410 e. The number of nitrogens with one attached hydrogen (secondary N) is 2. The van der Waals surface area contributed by atoms with Crippen LogP contribution in [0.25, 0.3) is 11.1 Å². The maximum atomic E-state index is 13.5. The van der Waals surface area contributed by atoms with Gasteiger partial charge in [-0.3, -0.25) is 14.7 Å². The second-order valence-corrected chi connectivity index (χ2v) is 16.2. The van der Waals surface area contributed by atoms with Crippen LogP contribution in [0, 0.1) is 20.8 Å². The SMILES string of the molecule is Cc1c(C)c(S(=O)(=O)NC(N)=NCCC[C@@H](NC(=O)[C@H]2CCCN2C(=O)OCC2c3ccccc3-c3ccccc32)C(=O)O)c(C)c2c1OC(C)(C)C2. The third kappa shape index (κ3) is 7.55. The van der Waals surface area contributed by atoms with Crippen LogP contribution in [-0.2, 0) is 30.8 Å². The van der Waals surface area contributed by atoms with Gasteiger partial charge in [0.2, 0.25) is 11.9 Å². The van der Waals surface area contributed by atoms with Crippen LogP contribution in [0.3, 0.4) is 0 Å². The fourth-order valence-electron chi connectivity index (χ4n) is 7.82. The second kappa shape index (κ2) is 14.7. The van der Waals surface area contributed by atoms with Crippen LogP contribution in [0.15, 0.2) is 58.4 Å². The predicted molar refractivity (Wildman–Crippen MR) is 199 cm³/mol. The van der Waals surface area contributed by atoms with Gasteiger partial charge in [-0.25, -0.2) is 22.7 Å². The van der Waals surface area contributed by atoms with E-state index in [9.17, 15) is 27.9 Å². The van der Waals surface area contributed by atoms with Gasteiger partial charge in [0.1, 0.15) is 30.0 Å². The van der Waals surface area contributed by atoms with Crippen molar-refractivity contribution in [3.8, 4) is 16.9 Å². The number of carboxylic acids is 1. The number of ether oxygens (including phenoxy) is 2. The summed E-state index contributed by atoms with van der Waals surface area (Å²) in [6.07, 6.45) is 1.07. The van der Waals surface area contributed by atoms with E-state index in [0.717, 1.165) is 33.4 Å². The number of hydrogen-bond acceptors (Lipinski definition) is 8. The molecule has 2 heterocycles. The molecule has 0 unspecified atom stereocenters. The summed E-state index contributed by atoms with van der Waals surface area (Å²) in [7, 11) is -4.10. The Hall–Kier alpha value is -5.11. The summed E-state index contributed by atoms with van der Waals surface area (Å²) in [5.41, 5.74) is 12.6. The van der Waals surface area contributed by atoms with Crippen molar-refractivity contribution in [2.24, 2.45) is 10.7 Å². The van der Waals surface area contributed by atoms with Crippen molar-refractivity contribution in [3.63, 3.8) is 0 Å². The highest BCUT2D eigenvalue weighted by atomic mass is 32.2. The molecule has 3 aliphatic rings. The van der Waals surface area contributed by atoms with Crippen LogP contribution in [0.2, 0.25) is 0 Å². The molecule has 282 valence electrons. The third-order valence-electron chi connectivity index (χ3n) is 10.5. The van der Waals surface area contributed by atoms with E-state index in [1.807, 2.05) is 69.3 Å². The van der Waals surface area contributed by atoms with Crippen molar-refractivity contribution in [1.29, 1.82) is 0 Å². The maximum absolute atomic E-state index is 13.5. The number of sulfonamides is 1. The monoisotopic (exact) mass is 745 g/mol. The number of nitrogens with two attached hydrogens (primary N) is 1. The average molecular weight is 746 g/mol. The number of carbonyl (C=O) groups is 3. The van der Waals surface area contributed by atoms with Crippen LogP contribution in [-0.4, -0.2) is 79.7 Å². The number of guanidine groups is 1. The molecule has 0 saturated carbocycles. The molecule has 1 saturated heterocycles. The zero-order valence-corrected chi connectivity index (χ0v) is 31.5. The van der Waals surface area contributed by atoms with E-state index in [1.165, 1.54) is 4.90 Å². The summed E-state index contributed by atoms with van der Waals surface area (Å²) in [5.74, 6) is -1.58. The van der Waals surface area contributed by atoms with Crippen molar-refractivity contribution in [2.75, 3.05) is 19.7 Å². The molecule has 2 amide bonds. The number of aliphatic imine (C=N–C) groups is 1. The van der Waals surface area contributed by atoms with Gasteiger partial charge in [-0.05, 0) is 99.2 Å². The van der Waals surface area contributed by atoms with E-state index < -0.39 is 45.7 Å². The molecule has 3 aromatic rings. The normalized spacial score (nSPS) is 18.1. The second-order valence-electron chi connectivity index (χ2n) is 14.6. The first kappa shape index (κ1) is 37.6. The Labute approximate surface area is 310 Å². The van der Waals surface area contributed by atoms with Crippen LogP contribution >= 0.6 is 0 Å². The van der Waals surface area contributed by atoms with Gasteiger partial charge in [-0.1, -0.05) is 48.5 Å². The molecule has 0 spiro atoms. The Morgan fingerprint density at radius 3 is 2.32 bits per heavy atom. The Morgan fingerprint density at radius 1 is 1.04 bits per heavy atom. The Kier molecular flexibility index (Phi) is 10.5. The number of carbonyl (C=O) groups excluding carboxylic acids is 2. The number of fused-ring (bicyclic) bond motifs is 4. The van der Waals surface area contributed by atoms with Gasteiger partial charge in [0.05, 0.1) is 4.90 Å². The summed E-state index contributed by atoms with van der Waals surface area (Å²) >= 11 is 0. The van der Waals surface area contributed by atoms with Crippen molar-refractivity contribution >= 4 is 34.0 Å². The molecule has 5 N–H and O–H groups in total. The molecule has 0 radical (unpaired) electrons. The summed E-state index contributed by atoms with van der Waals surface area (Å²) < 4.78 is 41.2. The minimum absolute atomic E-state index is 0.000284. The first-order chi connectivity index (χ1) is 25.1. The fourth-order valence-corrected chi connectivity index (χ4v) is 9.35. The highest BCUT2D eigenvalue weighted by Gasteiger charge is 2.39. The minimum atomic E-state index is -4.10. The van der Waals surface area contributed by atoms with E-state index in [2.05, 4.69) is 15.0 Å². The molecule has 2 aliphatic heterocycles. The fraction of sp³-hybridized carbons (Fsp3) is 0.436. The number of likely N-dealkylation sites (tertiary alicyclic amines) is 1. The van der Waals surface area contributed by atoms with E-state index in [1.54, 1.807) is 13.8 Å². The van der Waals surface area contributed by atoms with E-state index >= 15 is 0 Å². The lowest BCUT2D eigenvalue weighted by molar-refractivity contribution is -0.142. The quantitative estimate of drug-likeness (QED) is 0.123. The zero-order valence-electron chi connectivity index (χ0n) is 30.7. The molecule has 13 nitrogen and oxygen atoms in total. The first-order valence-corrected chi connectivity index (χ1v) is 19.4. The standard InChI is InChI=1S/C39H47N5O8S/c1-22-23(2)34(24(3)29-20-39(4,5)52-33(22)29)53(49,50)43-37(40)41-18-10-16-31(36(46)47)42-35(45)32-17-11-19-44(32)38(48)51-21-30-27-14-8-6-12-25(27)26-13-7-9-15-28(26)30/h6-9,12-15,30-32H,10-11,16-21H2,1-5H3,(H,42,45)(H,46,47)(H3,40,41,43)/t31-,32-/m1/s1. The van der Waals surface area contributed by atoms with Crippen LogP contribution in [0.5, 0.6) is 5.75 Å². The van der Waals surface area contributed by atoms with Gasteiger partial charge in [0.15, 0.2) is 0 Å². The largest absolute Gasteiger partial charge is 0.487 e. The zero-order chi connectivity index (χ0) is 38.2. The topological polar surface area (TPSA) is 190 Å². The molecule has 1 fully saturated rings. The number of hydrogen-bond donors (Lipinski definition) is 4. The third-order valence-corrected chi connectivity index (χ3v) is 12.1. The molecule has 0 bridgehead atoms. The molecular weight excluding hydrogens is 699 g/mol. The van der Waals surface area contributed by atoms with E-state index in [-0.39, 0.29) is 42.8 Å².